The summed E-state index contributed by atoms with van der Waals surface area (Å²) in [7, 11) is -9.82. The molecule has 0 radical (unpaired) electrons. The molecule has 16 nitrogen and oxygen atoms in total. The Hall–Kier alpha value is -5.09. The molecule has 0 aromatic heterocycles. The first-order chi connectivity index (χ1) is 55.2. The van der Waals surface area contributed by atoms with E-state index in [-0.39, 0.29) is 19.3 Å². The van der Waals surface area contributed by atoms with E-state index in [9.17, 15) is 43.5 Å². The number of carbonyl (C=O) groups is 3. The number of rotatable bonds is 83. The van der Waals surface area contributed by atoms with Crippen molar-refractivity contribution < 1.29 is 75.8 Å². The second-order valence-corrected chi connectivity index (χ2v) is 32.2. The smallest absolute Gasteiger partial charge is 0.463 e. The second kappa shape index (κ2) is 86.3. The minimum absolute atomic E-state index is 0.0792. The largest absolute Gasteiger partial charge is 0.472 e. The molecule has 18 heteroatoms. The highest BCUT2D eigenvalue weighted by Crippen LogP contribution is 2.45. The molecule has 0 aromatic rings. The minimum atomic E-state index is -4.95. The van der Waals surface area contributed by atoms with Crippen LogP contribution in [0.15, 0.2) is 170 Å². The molecule has 5 unspecified atom stereocenters. The van der Waals surface area contributed by atoms with Gasteiger partial charge in [0.05, 0.1) is 26.4 Å². The van der Waals surface area contributed by atoms with Crippen molar-refractivity contribution in [1.82, 2.24) is 0 Å². The Kier molecular flexibility index (Phi) is 82.4. The number of esters is 3. The molecule has 0 saturated carbocycles. The van der Waals surface area contributed by atoms with Crippen LogP contribution in [-0.4, -0.2) is 95.9 Å². The zero-order valence-electron chi connectivity index (χ0n) is 71.0. The summed E-state index contributed by atoms with van der Waals surface area (Å²) in [6.45, 7) is 2.42. The number of unbranched alkanes of at least 4 members (excludes halogenated alkanes) is 32. The summed E-state index contributed by atoms with van der Waals surface area (Å²) in [5.74, 6) is -1.61. The SMILES string of the molecule is CC/C=C\C/C=C\C/C=C\C/C=C\C/C=C\C/C=C\CCCCCCCCC(=O)OCC(COP(=O)(O)OCC(O)COP(=O)(O)OCC(O)COC(=O)CCCCCCCCCCCCCCCCCCC/C=C\C/C=C\C/C=C\C/C=C\CCCCC)OC(=O)CCCCCCCC/C=C\C/C=C\C/C=C\C/C=C\CC. The maximum Gasteiger partial charge on any atom is 0.472 e. The van der Waals surface area contributed by atoms with E-state index in [0.717, 1.165) is 180 Å². The number of phosphoric ester groups is 2. The number of aliphatic hydroxyl groups excluding tert-OH is 2. The van der Waals surface area contributed by atoms with Crippen LogP contribution in [0.5, 0.6) is 0 Å². The molecule has 5 atom stereocenters. The highest BCUT2D eigenvalue weighted by molar-refractivity contribution is 7.47. The molecule has 0 aliphatic heterocycles. The van der Waals surface area contributed by atoms with Gasteiger partial charge in [0.2, 0.25) is 0 Å². The van der Waals surface area contributed by atoms with Gasteiger partial charge in [0, 0.05) is 19.3 Å². The molecule has 0 bridgehead atoms. The van der Waals surface area contributed by atoms with Gasteiger partial charge in [-0.15, -0.1) is 0 Å². The average molecular weight is 1620 g/mol. The van der Waals surface area contributed by atoms with Crippen LogP contribution in [0.1, 0.15) is 355 Å². The van der Waals surface area contributed by atoms with Crippen LogP contribution in [-0.2, 0) is 55.8 Å². The summed E-state index contributed by atoms with van der Waals surface area (Å²) >= 11 is 0. The molecule has 0 amide bonds. The maximum atomic E-state index is 13.0. The van der Waals surface area contributed by atoms with E-state index in [1.54, 1.807) is 0 Å². The van der Waals surface area contributed by atoms with Crippen molar-refractivity contribution in [3.05, 3.63) is 170 Å². The first kappa shape index (κ1) is 108. The number of phosphoric acid groups is 2. The van der Waals surface area contributed by atoms with Gasteiger partial charge in [0.25, 0.3) is 0 Å². The number of hydrogen-bond acceptors (Lipinski definition) is 14. The number of hydrogen-bond donors (Lipinski definition) is 4. The molecule has 646 valence electrons. The fourth-order valence-corrected chi connectivity index (χ4v) is 13.3. The van der Waals surface area contributed by atoms with Gasteiger partial charge in [-0.1, -0.05) is 351 Å². The lowest BCUT2D eigenvalue weighted by atomic mass is 10.0. The molecule has 0 rings (SSSR count). The third kappa shape index (κ3) is 87.6. The lowest BCUT2D eigenvalue weighted by Crippen LogP contribution is -2.30. The second-order valence-electron chi connectivity index (χ2n) is 29.3. The first-order valence-electron chi connectivity index (χ1n) is 44.4. The minimum Gasteiger partial charge on any atom is -0.463 e. The Morgan fingerprint density at radius 3 is 0.743 bits per heavy atom. The van der Waals surface area contributed by atoms with E-state index >= 15 is 0 Å². The fraction of sp³-hybridized carbons (Fsp3) is 0.674. The molecule has 0 saturated heterocycles. The predicted octanol–water partition coefficient (Wildman–Crippen LogP) is 27.1. The average Bonchev–Trinajstić information content (AvgIpc) is 0.913. The highest BCUT2D eigenvalue weighted by atomic mass is 31.2. The summed E-state index contributed by atoms with van der Waals surface area (Å²) < 4.78 is 61.4. The normalized spacial score (nSPS) is 14.6. The maximum absolute atomic E-state index is 13.0. The van der Waals surface area contributed by atoms with E-state index in [0.29, 0.717) is 19.3 Å². The molecule has 0 fully saturated rings. The lowest BCUT2D eigenvalue weighted by Gasteiger charge is -2.21. The predicted molar refractivity (Wildman–Crippen MR) is 472 cm³/mol. The van der Waals surface area contributed by atoms with Crippen LogP contribution in [0.3, 0.4) is 0 Å². The summed E-state index contributed by atoms with van der Waals surface area (Å²) in [6.07, 6.45) is 111. The van der Waals surface area contributed by atoms with Gasteiger partial charge in [0.1, 0.15) is 25.4 Å². The molecular formula is C95H160O16P2. The molecular weight excluding hydrogens is 1460 g/mol. The van der Waals surface area contributed by atoms with Gasteiger partial charge in [0.15, 0.2) is 6.10 Å². The number of carbonyl (C=O) groups excluding carboxylic acids is 3. The molecule has 0 aliphatic carbocycles. The number of ether oxygens (including phenoxy) is 3. The van der Waals surface area contributed by atoms with Crippen molar-refractivity contribution in [2.24, 2.45) is 0 Å². The topological polar surface area (TPSA) is 231 Å². The van der Waals surface area contributed by atoms with Crippen molar-refractivity contribution in [3.63, 3.8) is 0 Å². The zero-order chi connectivity index (χ0) is 82.2. The summed E-state index contributed by atoms with van der Waals surface area (Å²) in [4.78, 5) is 58.9. The van der Waals surface area contributed by atoms with E-state index in [4.69, 9.17) is 32.3 Å². The van der Waals surface area contributed by atoms with Crippen molar-refractivity contribution in [2.45, 2.75) is 373 Å². The van der Waals surface area contributed by atoms with Crippen LogP contribution in [0.25, 0.3) is 0 Å². The molecule has 113 heavy (non-hydrogen) atoms. The van der Waals surface area contributed by atoms with E-state index < -0.39 is 91.5 Å². The van der Waals surface area contributed by atoms with Gasteiger partial charge >= 0.3 is 33.6 Å². The summed E-state index contributed by atoms with van der Waals surface area (Å²) in [5.41, 5.74) is 0. The Balaban J connectivity index is 4.56. The van der Waals surface area contributed by atoms with Crippen molar-refractivity contribution >= 4 is 33.6 Å². The first-order valence-corrected chi connectivity index (χ1v) is 47.4. The zero-order valence-corrected chi connectivity index (χ0v) is 72.8. The Morgan fingerprint density at radius 1 is 0.257 bits per heavy atom. The number of aliphatic hydroxyl groups is 2. The third-order valence-corrected chi connectivity index (χ3v) is 20.3. The Bertz CT molecular complexity index is 2730. The Labute approximate surface area is 688 Å². The van der Waals surface area contributed by atoms with Crippen LogP contribution in [0.2, 0.25) is 0 Å². The van der Waals surface area contributed by atoms with Crippen LogP contribution in [0.4, 0.5) is 0 Å². The number of allylic oxidation sites excluding steroid dienone is 28. The van der Waals surface area contributed by atoms with Gasteiger partial charge in [-0.25, -0.2) is 9.13 Å². The lowest BCUT2D eigenvalue weighted by molar-refractivity contribution is -0.161. The standard InChI is InChI=1S/C95H160O16P2/c1-4-7-10-13-16-19-22-25-28-31-34-36-38-40-41-42-43-44-45-46-47-49-51-52-55-57-60-63-66-69-72-75-78-81-93(98)105-84-90(96)85-107-112(101,102)108-86-91(97)87-109-113(103,104)110-89-92(111-95(100)83-80-77-74-71-68-65-62-59-54-33-30-27-24-21-18-15-12-9-6-3)88-106-94(99)82-79-76-73-70-67-64-61-58-56-53-50-48-39-37-35-32-29-26-23-20-17-14-11-8-5-2/h8-9,11-12,16-21,25-30,34-37,40-41,48,50,54,56,58-59,90-92,96-97H,4-7,10,13-15,22-24,31-33,38-39,42-47,49,51-53,55,57,60-89H2,1-3H3,(H,101,102)(H,103,104)/b11-8-,12-9-,19-16-,20-17-,21-18-,28-25-,29-26-,30-27-,36-34-,37-35-,41-40-,50-48-,58-56-,59-54-. The summed E-state index contributed by atoms with van der Waals surface area (Å²) in [5, 5.41) is 20.7. The quantitative estimate of drug-likeness (QED) is 0.0146. The van der Waals surface area contributed by atoms with Gasteiger partial charge in [-0.2, -0.15) is 0 Å². The van der Waals surface area contributed by atoms with Gasteiger partial charge in [-0.05, 0) is 154 Å². The molecule has 4 N–H and O–H groups in total. The van der Waals surface area contributed by atoms with Gasteiger partial charge in [-0.3, -0.25) is 32.5 Å². The molecule has 0 aliphatic rings. The van der Waals surface area contributed by atoms with Crippen molar-refractivity contribution in [3.8, 4) is 0 Å². The van der Waals surface area contributed by atoms with Crippen LogP contribution in [0, 0.1) is 0 Å². The highest BCUT2D eigenvalue weighted by Gasteiger charge is 2.29. The summed E-state index contributed by atoms with van der Waals surface area (Å²) in [6, 6.07) is 0. The molecule has 0 aromatic carbocycles. The Morgan fingerprint density at radius 2 is 0.469 bits per heavy atom. The van der Waals surface area contributed by atoms with E-state index in [1.165, 1.54) is 116 Å². The monoisotopic (exact) mass is 1620 g/mol. The van der Waals surface area contributed by atoms with Crippen molar-refractivity contribution in [2.75, 3.05) is 39.6 Å². The van der Waals surface area contributed by atoms with E-state index in [1.807, 2.05) is 0 Å². The van der Waals surface area contributed by atoms with Crippen LogP contribution >= 0.6 is 15.6 Å². The third-order valence-electron chi connectivity index (χ3n) is 18.4. The van der Waals surface area contributed by atoms with E-state index in [2.05, 4.69) is 191 Å². The molecule has 0 heterocycles. The van der Waals surface area contributed by atoms with Gasteiger partial charge < -0.3 is 34.2 Å². The fourth-order valence-electron chi connectivity index (χ4n) is 11.7. The van der Waals surface area contributed by atoms with Crippen molar-refractivity contribution in [1.29, 1.82) is 0 Å². The van der Waals surface area contributed by atoms with Crippen LogP contribution < -0.4 is 0 Å². The molecule has 0 spiro atoms.